The molecule has 2 unspecified atom stereocenters. The molecule has 1 aliphatic carbocycles. The fraction of sp³-hybridized carbons (Fsp3) is 0.267. The summed E-state index contributed by atoms with van der Waals surface area (Å²) in [5.41, 5.74) is 15.1. The Morgan fingerprint density at radius 3 is 2.61 bits per heavy atom. The number of hydrogen-bond donors (Lipinski definition) is 1. The van der Waals surface area contributed by atoms with Crippen LogP contribution < -0.4 is 5.73 Å². The molecule has 170 valence electrons. The molecule has 0 bridgehead atoms. The number of nitrogens with two attached hydrogens (primary N) is 1. The molecule has 4 rings (SSSR count). The maximum atomic E-state index is 6.88. The summed E-state index contributed by atoms with van der Waals surface area (Å²) in [4.78, 5) is 1.46. The summed E-state index contributed by atoms with van der Waals surface area (Å²) >= 11 is 3.90. The van der Waals surface area contributed by atoms with E-state index in [1.54, 1.807) is 0 Å². The van der Waals surface area contributed by atoms with Gasteiger partial charge in [-0.1, -0.05) is 91.0 Å². The van der Waals surface area contributed by atoms with Crippen LogP contribution >= 0.6 is 23.1 Å². The molecule has 0 aliphatic heterocycles. The number of thioether (sulfide) groups is 1. The Labute approximate surface area is 207 Å². The average molecular weight is 472 g/mol. The van der Waals surface area contributed by atoms with Gasteiger partial charge in [0.25, 0.3) is 0 Å². The van der Waals surface area contributed by atoms with E-state index < -0.39 is 0 Å². The third-order valence-corrected chi connectivity index (χ3v) is 8.90. The predicted molar refractivity (Wildman–Crippen MR) is 146 cm³/mol. The maximum absolute atomic E-state index is 6.88. The highest BCUT2D eigenvalue weighted by Crippen LogP contribution is 2.48. The lowest BCUT2D eigenvalue weighted by Crippen LogP contribution is -2.23. The molecule has 0 fully saturated rings. The van der Waals surface area contributed by atoms with Crippen molar-refractivity contribution in [3.63, 3.8) is 0 Å². The van der Waals surface area contributed by atoms with Crippen LogP contribution in [0.25, 0.3) is 0 Å². The second kappa shape index (κ2) is 11.2. The lowest BCUT2D eigenvalue weighted by atomic mass is 9.78. The van der Waals surface area contributed by atoms with Crippen molar-refractivity contribution in [2.45, 2.75) is 55.0 Å². The zero-order chi connectivity index (χ0) is 23.2. The van der Waals surface area contributed by atoms with Crippen molar-refractivity contribution in [3.8, 4) is 0 Å². The molecule has 3 aromatic rings. The van der Waals surface area contributed by atoms with Crippen LogP contribution in [-0.4, -0.2) is 0 Å². The van der Waals surface area contributed by atoms with Crippen LogP contribution in [0.5, 0.6) is 0 Å². The summed E-state index contributed by atoms with van der Waals surface area (Å²) in [6, 6.07) is 19.8. The van der Waals surface area contributed by atoms with Crippen LogP contribution in [0.2, 0.25) is 0 Å². The fourth-order valence-corrected chi connectivity index (χ4v) is 7.44. The van der Waals surface area contributed by atoms with E-state index in [-0.39, 0.29) is 6.04 Å². The Hall–Kier alpha value is -2.33. The van der Waals surface area contributed by atoms with Crippen LogP contribution in [0.1, 0.15) is 58.0 Å². The fourth-order valence-electron chi connectivity index (χ4n) is 4.64. The van der Waals surface area contributed by atoms with Crippen molar-refractivity contribution in [2.75, 3.05) is 0 Å². The van der Waals surface area contributed by atoms with E-state index >= 15 is 0 Å². The quantitative estimate of drug-likeness (QED) is 0.264. The minimum Gasteiger partial charge on any atom is -0.324 e. The van der Waals surface area contributed by atoms with Gasteiger partial charge < -0.3 is 5.73 Å². The van der Waals surface area contributed by atoms with Crippen molar-refractivity contribution < 1.29 is 0 Å². The first-order valence-electron chi connectivity index (χ1n) is 11.7. The summed E-state index contributed by atoms with van der Waals surface area (Å²) in [6.07, 6.45) is 11.3. The van der Waals surface area contributed by atoms with Crippen molar-refractivity contribution in [1.82, 2.24) is 0 Å². The van der Waals surface area contributed by atoms with Crippen molar-refractivity contribution in [3.05, 3.63) is 124 Å². The molecular weight excluding hydrogens is 438 g/mol. The van der Waals surface area contributed by atoms with Gasteiger partial charge in [0.1, 0.15) is 0 Å². The highest BCUT2D eigenvalue weighted by molar-refractivity contribution is 8.00. The van der Waals surface area contributed by atoms with Crippen LogP contribution in [0, 0.1) is 6.92 Å². The SMILES string of the molecule is C=C/C=C(\C=C/C)Cc1sc(SCc2ccccc2)c2c1CC(c1ccc(C)cc1)CC2N. The molecule has 1 nitrogen and oxygen atoms in total. The number of benzene rings is 2. The second-order valence-electron chi connectivity index (χ2n) is 8.79. The van der Waals surface area contributed by atoms with Crippen molar-refractivity contribution in [1.29, 1.82) is 0 Å². The molecule has 3 heteroatoms. The normalized spacial score (nSPS) is 18.5. The summed E-state index contributed by atoms with van der Waals surface area (Å²) in [5.74, 6) is 1.45. The first-order valence-corrected chi connectivity index (χ1v) is 13.5. The number of rotatable bonds is 8. The molecule has 2 atom stereocenters. The van der Waals surface area contributed by atoms with Gasteiger partial charge in [-0.2, -0.15) is 0 Å². The molecule has 0 amide bonds. The van der Waals surface area contributed by atoms with E-state index in [0.29, 0.717) is 5.92 Å². The van der Waals surface area contributed by atoms with E-state index in [4.69, 9.17) is 5.73 Å². The van der Waals surface area contributed by atoms with Crippen LogP contribution in [-0.2, 0) is 18.6 Å². The predicted octanol–water partition coefficient (Wildman–Crippen LogP) is 8.31. The zero-order valence-electron chi connectivity index (χ0n) is 19.6. The molecule has 1 aliphatic rings. The first kappa shape index (κ1) is 23.8. The molecule has 0 radical (unpaired) electrons. The summed E-state index contributed by atoms with van der Waals surface area (Å²) in [7, 11) is 0. The van der Waals surface area contributed by atoms with E-state index in [1.165, 1.54) is 42.5 Å². The third kappa shape index (κ3) is 5.78. The molecular formula is C30H33NS2. The van der Waals surface area contributed by atoms with E-state index in [1.807, 2.05) is 29.2 Å². The smallest absolute Gasteiger partial charge is 0.0655 e. The minimum atomic E-state index is 0.0804. The monoisotopic (exact) mass is 471 g/mol. The Balaban J connectivity index is 1.69. The molecule has 0 spiro atoms. The molecule has 0 saturated heterocycles. The Morgan fingerprint density at radius 2 is 1.91 bits per heavy atom. The number of hydrogen-bond acceptors (Lipinski definition) is 3. The highest BCUT2D eigenvalue weighted by atomic mass is 32.2. The van der Waals surface area contributed by atoms with Gasteiger partial charge >= 0.3 is 0 Å². The van der Waals surface area contributed by atoms with E-state index in [2.05, 4.69) is 93.3 Å². The van der Waals surface area contributed by atoms with Gasteiger partial charge in [0.2, 0.25) is 0 Å². The topological polar surface area (TPSA) is 26.0 Å². The number of thiophene rings is 1. The lowest BCUT2D eigenvalue weighted by Gasteiger charge is -2.29. The van der Waals surface area contributed by atoms with Gasteiger partial charge in [0, 0.05) is 23.1 Å². The number of aryl methyl sites for hydroxylation is 1. The van der Waals surface area contributed by atoms with E-state index in [0.717, 1.165) is 25.0 Å². The summed E-state index contributed by atoms with van der Waals surface area (Å²) in [6.45, 7) is 8.14. The second-order valence-corrected chi connectivity index (χ2v) is 11.1. The molecule has 2 aromatic carbocycles. The zero-order valence-corrected chi connectivity index (χ0v) is 21.2. The summed E-state index contributed by atoms with van der Waals surface area (Å²) in [5, 5.41) is 0. The minimum absolute atomic E-state index is 0.0804. The highest BCUT2D eigenvalue weighted by Gasteiger charge is 2.32. The largest absolute Gasteiger partial charge is 0.324 e. The van der Waals surface area contributed by atoms with Gasteiger partial charge in [-0.3, -0.25) is 0 Å². The van der Waals surface area contributed by atoms with E-state index in [9.17, 15) is 0 Å². The lowest BCUT2D eigenvalue weighted by molar-refractivity contribution is 0.499. The van der Waals surface area contributed by atoms with Gasteiger partial charge in [-0.25, -0.2) is 0 Å². The van der Waals surface area contributed by atoms with Crippen molar-refractivity contribution in [2.24, 2.45) is 5.73 Å². The molecule has 33 heavy (non-hydrogen) atoms. The molecule has 1 aromatic heterocycles. The average Bonchev–Trinajstić information content (AvgIpc) is 3.17. The summed E-state index contributed by atoms with van der Waals surface area (Å²) < 4.78 is 1.40. The first-order chi connectivity index (χ1) is 16.1. The standard InChI is InChI=1S/C30H33NS2/c1-4-9-22(10-5-2)17-28-26-18-25(24-15-13-21(3)14-16-24)19-27(31)29(26)30(33-28)32-20-23-11-7-6-8-12-23/h4-16,25,27H,1,17-20,31H2,2-3H3/b10-5-,22-9+. The Kier molecular flexibility index (Phi) is 8.08. The van der Waals surface area contributed by atoms with Gasteiger partial charge in [-0.05, 0) is 60.4 Å². The third-order valence-electron chi connectivity index (χ3n) is 6.30. The van der Waals surface area contributed by atoms with Gasteiger partial charge in [0.15, 0.2) is 0 Å². The van der Waals surface area contributed by atoms with Crippen molar-refractivity contribution >= 4 is 23.1 Å². The van der Waals surface area contributed by atoms with Crippen LogP contribution in [0.4, 0.5) is 0 Å². The van der Waals surface area contributed by atoms with Crippen LogP contribution in [0.3, 0.4) is 0 Å². The Morgan fingerprint density at radius 1 is 1.15 bits per heavy atom. The molecule has 1 heterocycles. The van der Waals surface area contributed by atoms with Gasteiger partial charge in [0.05, 0.1) is 4.21 Å². The number of fused-ring (bicyclic) bond motifs is 1. The Bertz CT molecular complexity index is 1140. The maximum Gasteiger partial charge on any atom is 0.0655 e. The van der Waals surface area contributed by atoms with Gasteiger partial charge in [-0.15, -0.1) is 23.1 Å². The molecule has 0 saturated carbocycles. The van der Waals surface area contributed by atoms with Crippen LogP contribution in [0.15, 0.2) is 95.3 Å². The molecule has 2 N–H and O–H groups in total. The number of allylic oxidation sites excluding steroid dienone is 5.